The number of carbonyl (C=O) groups is 1. The zero-order chi connectivity index (χ0) is 25.5. The van der Waals surface area contributed by atoms with Gasteiger partial charge in [-0.1, -0.05) is 24.3 Å². The lowest BCUT2D eigenvalue weighted by Crippen LogP contribution is -2.34. The van der Waals surface area contributed by atoms with Crippen LogP contribution in [-0.2, 0) is 0 Å². The molecule has 1 aromatic carbocycles. The zero-order valence-electron chi connectivity index (χ0n) is 20.5. The molecule has 38 heavy (non-hydrogen) atoms. The lowest BCUT2D eigenvalue weighted by Gasteiger charge is -2.22. The second kappa shape index (κ2) is 9.22. The van der Waals surface area contributed by atoms with Gasteiger partial charge >= 0.3 is 0 Å². The van der Waals surface area contributed by atoms with E-state index in [1.807, 2.05) is 65.6 Å². The Morgan fingerprint density at radius 2 is 1.66 bits per heavy atom. The standard InChI is InChI=1S/C28H25N9O/c38-27(23-11-13-30-28(34-23)35-24-9-3-4-12-29-24)37-16-18-14-36(15-19(18)17-37)25-10-5-8-22(31-25)26-32-20-6-1-2-7-21(20)33-26/h1-13,18-19H,14-17H2,(H,32,33)(H,29,30,34,35). The van der Waals surface area contributed by atoms with Crippen molar-refractivity contribution < 1.29 is 4.79 Å². The van der Waals surface area contributed by atoms with Gasteiger partial charge in [0.15, 0.2) is 5.82 Å². The largest absolute Gasteiger partial charge is 0.356 e. The summed E-state index contributed by atoms with van der Waals surface area (Å²) in [5.74, 6) is 3.42. The first-order valence-electron chi connectivity index (χ1n) is 12.7. The van der Waals surface area contributed by atoms with Crippen molar-refractivity contribution in [3.8, 4) is 11.5 Å². The Morgan fingerprint density at radius 3 is 2.47 bits per heavy atom. The first kappa shape index (κ1) is 22.3. The van der Waals surface area contributed by atoms with E-state index >= 15 is 0 Å². The Balaban J connectivity index is 1.02. The molecule has 2 saturated heterocycles. The number of fused-ring (bicyclic) bond motifs is 2. The number of nitrogens with one attached hydrogen (secondary N) is 2. The molecule has 5 aromatic rings. The first-order chi connectivity index (χ1) is 18.7. The average Bonchev–Trinajstić information content (AvgIpc) is 3.67. The molecule has 1 amide bonds. The molecule has 2 N–H and O–H groups in total. The van der Waals surface area contributed by atoms with Crippen LogP contribution in [0.25, 0.3) is 22.6 Å². The summed E-state index contributed by atoms with van der Waals surface area (Å²) < 4.78 is 0. The Kier molecular flexibility index (Phi) is 5.42. The summed E-state index contributed by atoms with van der Waals surface area (Å²) in [4.78, 5) is 43.4. The van der Waals surface area contributed by atoms with E-state index in [2.05, 4.69) is 30.2 Å². The minimum absolute atomic E-state index is 0.0672. The number of rotatable bonds is 5. The van der Waals surface area contributed by atoms with Crippen LogP contribution in [0.15, 0.2) is 79.1 Å². The summed E-state index contributed by atoms with van der Waals surface area (Å²) in [6.45, 7) is 3.13. The van der Waals surface area contributed by atoms with Crippen molar-refractivity contribution in [1.29, 1.82) is 0 Å². The maximum atomic E-state index is 13.3. The monoisotopic (exact) mass is 503 g/mol. The number of nitrogens with zero attached hydrogens (tertiary/aromatic N) is 7. The molecule has 4 aromatic heterocycles. The molecule has 0 radical (unpaired) electrons. The van der Waals surface area contributed by atoms with E-state index in [-0.39, 0.29) is 5.91 Å². The fraction of sp³-hybridized carbons (Fsp3) is 0.214. The normalized spacial score (nSPS) is 18.6. The Morgan fingerprint density at radius 1 is 0.816 bits per heavy atom. The second-order valence-electron chi connectivity index (χ2n) is 9.72. The number of anilines is 3. The van der Waals surface area contributed by atoms with Crippen molar-refractivity contribution in [2.24, 2.45) is 11.8 Å². The number of para-hydroxylation sites is 2. The molecule has 0 aliphatic carbocycles. The van der Waals surface area contributed by atoms with E-state index in [0.717, 1.165) is 41.5 Å². The molecule has 0 saturated carbocycles. The van der Waals surface area contributed by atoms with Gasteiger partial charge in [-0.25, -0.2) is 24.9 Å². The fourth-order valence-corrected chi connectivity index (χ4v) is 5.40. The predicted octanol–water partition coefficient (Wildman–Crippen LogP) is 3.76. The molecule has 2 unspecified atom stereocenters. The van der Waals surface area contributed by atoms with Gasteiger partial charge in [-0.15, -0.1) is 0 Å². The highest BCUT2D eigenvalue weighted by molar-refractivity contribution is 5.92. The fourth-order valence-electron chi connectivity index (χ4n) is 5.40. The van der Waals surface area contributed by atoms with Crippen molar-refractivity contribution in [2.45, 2.75) is 0 Å². The number of hydrogen-bond acceptors (Lipinski definition) is 8. The molecule has 2 fully saturated rings. The molecular weight excluding hydrogens is 478 g/mol. The third-order valence-electron chi connectivity index (χ3n) is 7.24. The molecule has 188 valence electrons. The number of aromatic amines is 1. The number of H-pyrrole nitrogens is 1. The van der Waals surface area contributed by atoms with Crippen molar-refractivity contribution >= 4 is 34.5 Å². The van der Waals surface area contributed by atoms with Crippen molar-refractivity contribution in [3.63, 3.8) is 0 Å². The maximum absolute atomic E-state index is 13.3. The molecule has 10 nitrogen and oxygen atoms in total. The van der Waals surface area contributed by atoms with Gasteiger partial charge < -0.3 is 20.1 Å². The Hall–Kier alpha value is -4.86. The smallest absolute Gasteiger partial charge is 0.272 e. The third kappa shape index (κ3) is 4.19. The number of hydrogen-bond donors (Lipinski definition) is 2. The van der Waals surface area contributed by atoms with Gasteiger partial charge in [0, 0.05) is 50.4 Å². The van der Waals surface area contributed by atoms with Crippen LogP contribution in [0.1, 0.15) is 10.5 Å². The van der Waals surface area contributed by atoms with Crippen LogP contribution in [0.5, 0.6) is 0 Å². The number of carbonyl (C=O) groups excluding carboxylic acids is 1. The van der Waals surface area contributed by atoms with Gasteiger partial charge in [-0.2, -0.15) is 0 Å². The number of likely N-dealkylation sites (tertiary alicyclic amines) is 1. The summed E-state index contributed by atoms with van der Waals surface area (Å²) in [7, 11) is 0. The minimum atomic E-state index is -0.0672. The van der Waals surface area contributed by atoms with Crippen molar-refractivity contribution in [2.75, 3.05) is 36.4 Å². The van der Waals surface area contributed by atoms with Crippen LogP contribution in [0.4, 0.5) is 17.6 Å². The van der Waals surface area contributed by atoms with Crippen LogP contribution in [0.3, 0.4) is 0 Å². The van der Waals surface area contributed by atoms with Gasteiger partial charge in [-0.05, 0) is 42.5 Å². The van der Waals surface area contributed by atoms with Crippen molar-refractivity contribution in [3.05, 3.63) is 84.8 Å². The lowest BCUT2D eigenvalue weighted by atomic mass is 10.0. The summed E-state index contributed by atoms with van der Waals surface area (Å²) in [5.41, 5.74) is 3.14. The van der Waals surface area contributed by atoms with E-state index in [4.69, 9.17) is 9.97 Å². The van der Waals surface area contributed by atoms with E-state index in [9.17, 15) is 4.79 Å². The predicted molar refractivity (Wildman–Crippen MR) is 144 cm³/mol. The molecule has 2 aliphatic heterocycles. The molecule has 10 heteroatoms. The lowest BCUT2D eigenvalue weighted by molar-refractivity contribution is 0.0776. The minimum Gasteiger partial charge on any atom is -0.356 e. The molecule has 2 atom stereocenters. The van der Waals surface area contributed by atoms with Gasteiger partial charge in [0.1, 0.15) is 23.0 Å². The molecule has 2 aliphatic rings. The van der Waals surface area contributed by atoms with Gasteiger partial charge in [0.25, 0.3) is 5.91 Å². The van der Waals surface area contributed by atoms with Crippen LogP contribution >= 0.6 is 0 Å². The SMILES string of the molecule is O=C(c1ccnc(Nc2ccccn2)n1)N1CC2CN(c3cccc(-c4nc5ccccc5[nH]4)n3)CC2C1. The van der Waals surface area contributed by atoms with E-state index in [1.165, 1.54) is 0 Å². The van der Waals surface area contributed by atoms with E-state index in [1.54, 1.807) is 18.5 Å². The van der Waals surface area contributed by atoms with Gasteiger partial charge in [0.2, 0.25) is 5.95 Å². The van der Waals surface area contributed by atoms with Crippen LogP contribution in [0.2, 0.25) is 0 Å². The van der Waals surface area contributed by atoms with Gasteiger partial charge in [-0.3, -0.25) is 4.79 Å². The molecular formula is C28H25N9O. The van der Waals surface area contributed by atoms with Crippen LogP contribution < -0.4 is 10.2 Å². The maximum Gasteiger partial charge on any atom is 0.272 e. The summed E-state index contributed by atoms with van der Waals surface area (Å²) in [6, 6.07) is 21.3. The molecule has 0 spiro atoms. The third-order valence-corrected chi connectivity index (χ3v) is 7.24. The number of amides is 1. The highest BCUT2D eigenvalue weighted by Gasteiger charge is 2.42. The van der Waals surface area contributed by atoms with Crippen LogP contribution in [-0.4, -0.2) is 66.9 Å². The molecule has 6 heterocycles. The highest BCUT2D eigenvalue weighted by atomic mass is 16.2. The number of benzene rings is 1. The number of imidazole rings is 1. The van der Waals surface area contributed by atoms with E-state index < -0.39 is 0 Å². The van der Waals surface area contributed by atoms with Crippen molar-refractivity contribution in [1.82, 2.24) is 34.8 Å². The Bertz CT molecular complexity index is 1570. The second-order valence-corrected chi connectivity index (χ2v) is 9.72. The highest BCUT2D eigenvalue weighted by Crippen LogP contribution is 2.34. The summed E-state index contributed by atoms with van der Waals surface area (Å²) in [6.07, 6.45) is 3.29. The number of aromatic nitrogens is 6. The average molecular weight is 504 g/mol. The summed E-state index contributed by atoms with van der Waals surface area (Å²) in [5, 5.41) is 3.05. The zero-order valence-corrected chi connectivity index (χ0v) is 20.5. The first-order valence-corrected chi connectivity index (χ1v) is 12.7. The summed E-state index contributed by atoms with van der Waals surface area (Å²) >= 11 is 0. The Labute approximate surface area is 218 Å². The quantitative estimate of drug-likeness (QED) is 0.373. The molecule has 7 rings (SSSR count). The van der Waals surface area contributed by atoms with Crippen LogP contribution in [0, 0.1) is 11.8 Å². The number of pyridine rings is 2. The van der Waals surface area contributed by atoms with Gasteiger partial charge in [0.05, 0.1) is 11.0 Å². The topological polar surface area (TPSA) is 116 Å². The van der Waals surface area contributed by atoms with E-state index in [0.29, 0.717) is 42.4 Å². The molecule has 0 bridgehead atoms.